The van der Waals surface area contributed by atoms with Crippen LogP contribution in [-0.2, 0) is 29.3 Å². The second-order valence-electron chi connectivity index (χ2n) is 7.78. The maximum atomic E-state index is 13.1. The Morgan fingerprint density at radius 2 is 1.88 bits per heavy atom. The number of methoxy groups -OCH3 is 1. The van der Waals surface area contributed by atoms with Gasteiger partial charge in [0.15, 0.2) is 0 Å². The zero-order valence-electron chi connectivity index (χ0n) is 18.1. The van der Waals surface area contributed by atoms with Gasteiger partial charge in [0.1, 0.15) is 6.54 Å². The van der Waals surface area contributed by atoms with E-state index in [-0.39, 0.29) is 37.3 Å². The van der Waals surface area contributed by atoms with E-state index in [1.54, 1.807) is 4.90 Å². The molecule has 2 aromatic rings. The van der Waals surface area contributed by atoms with Gasteiger partial charge in [-0.05, 0) is 49.2 Å². The number of benzene rings is 1. The van der Waals surface area contributed by atoms with Crippen LogP contribution in [0.1, 0.15) is 24.1 Å². The zero-order valence-corrected chi connectivity index (χ0v) is 18.1. The molecule has 0 saturated heterocycles. The number of nitrogens with one attached hydrogen (secondary N) is 1. The van der Waals surface area contributed by atoms with Gasteiger partial charge in [-0.1, -0.05) is 0 Å². The number of rotatable bonds is 9. The second-order valence-corrected chi connectivity index (χ2v) is 7.78. The Balaban J connectivity index is 1.67. The molecular formula is C22H27F3N4O3. The van der Waals surface area contributed by atoms with Crippen molar-refractivity contribution in [1.82, 2.24) is 14.4 Å². The van der Waals surface area contributed by atoms with Crippen molar-refractivity contribution in [2.45, 2.75) is 31.6 Å². The molecule has 174 valence electrons. The van der Waals surface area contributed by atoms with E-state index in [9.17, 15) is 22.8 Å². The Bertz CT molecular complexity index is 923. The van der Waals surface area contributed by atoms with Gasteiger partial charge in [0.05, 0.1) is 18.7 Å². The van der Waals surface area contributed by atoms with Crippen LogP contribution in [-0.4, -0.2) is 59.2 Å². The summed E-state index contributed by atoms with van der Waals surface area (Å²) in [6, 6.07) is 7.59. The van der Waals surface area contributed by atoms with Crippen LogP contribution in [0.3, 0.4) is 0 Å². The molecule has 1 aromatic carbocycles. The average Bonchev–Trinajstić information content (AvgIpc) is 3.50. The molecule has 0 unspecified atom stereocenters. The highest BCUT2D eigenvalue weighted by molar-refractivity contribution is 5.92. The van der Waals surface area contributed by atoms with Gasteiger partial charge in [-0.2, -0.15) is 13.2 Å². The third kappa shape index (κ3) is 6.25. The zero-order chi connectivity index (χ0) is 23.3. The first-order valence-corrected chi connectivity index (χ1v) is 10.3. The number of anilines is 1. The summed E-state index contributed by atoms with van der Waals surface area (Å²) in [5, 5.41) is 2.56. The van der Waals surface area contributed by atoms with Gasteiger partial charge >= 0.3 is 12.2 Å². The molecule has 0 radical (unpaired) electrons. The summed E-state index contributed by atoms with van der Waals surface area (Å²) in [4.78, 5) is 28.9. The molecule has 3 amide bonds. The summed E-state index contributed by atoms with van der Waals surface area (Å²) >= 11 is 0. The molecule has 0 bridgehead atoms. The molecule has 0 spiro atoms. The van der Waals surface area contributed by atoms with Gasteiger partial charge in [-0.15, -0.1) is 0 Å². The number of carbonyl (C=O) groups excluding carboxylic acids is 2. The number of hydrogen-bond donors (Lipinski definition) is 1. The van der Waals surface area contributed by atoms with Crippen LogP contribution in [0.5, 0.6) is 0 Å². The molecule has 1 fully saturated rings. The summed E-state index contributed by atoms with van der Waals surface area (Å²) in [7, 11) is 3.40. The number of carbonyl (C=O) groups is 2. The first kappa shape index (κ1) is 23.6. The van der Waals surface area contributed by atoms with E-state index in [0.717, 1.165) is 30.7 Å². The average molecular weight is 452 g/mol. The van der Waals surface area contributed by atoms with E-state index >= 15 is 0 Å². The van der Waals surface area contributed by atoms with Crippen LogP contribution >= 0.6 is 0 Å². The van der Waals surface area contributed by atoms with Gasteiger partial charge in [0, 0.05) is 44.3 Å². The van der Waals surface area contributed by atoms with Crippen molar-refractivity contribution < 1.29 is 27.5 Å². The molecule has 7 nitrogen and oxygen atoms in total. The number of alkyl halides is 3. The number of urea groups is 1. The molecule has 1 heterocycles. The fraction of sp³-hybridized carbons (Fsp3) is 0.455. The van der Waals surface area contributed by atoms with E-state index in [4.69, 9.17) is 4.74 Å². The van der Waals surface area contributed by atoms with Crippen molar-refractivity contribution in [2.75, 3.05) is 32.1 Å². The second kappa shape index (κ2) is 10.1. The van der Waals surface area contributed by atoms with Gasteiger partial charge in [0.2, 0.25) is 5.91 Å². The van der Waals surface area contributed by atoms with Crippen molar-refractivity contribution in [3.63, 3.8) is 0 Å². The molecule has 3 rings (SSSR count). The van der Waals surface area contributed by atoms with Gasteiger partial charge in [0.25, 0.3) is 0 Å². The van der Waals surface area contributed by atoms with E-state index in [0.29, 0.717) is 6.54 Å². The highest BCUT2D eigenvalue weighted by atomic mass is 19.4. The maximum Gasteiger partial charge on any atom is 0.416 e. The van der Waals surface area contributed by atoms with Crippen LogP contribution in [0.4, 0.5) is 23.7 Å². The molecule has 1 aromatic heterocycles. The largest absolute Gasteiger partial charge is 0.416 e. The first-order chi connectivity index (χ1) is 15.2. The minimum atomic E-state index is -4.45. The smallest absolute Gasteiger partial charge is 0.383 e. The van der Waals surface area contributed by atoms with Gasteiger partial charge in [-0.25, -0.2) is 4.79 Å². The van der Waals surface area contributed by atoms with Gasteiger partial charge in [-0.3, -0.25) is 4.79 Å². The Hall–Kier alpha value is -3.01. The summed E-state index contributed by atoms with van der Waals surface area (Å²) in [5.41, 5.74) is 0.395. The molecule has 10 heteroatoms. The third-order valence-electron chi connectivity index (χ3n) is 5.33. The number of hydrogen-bond acceptors (Lipinski definition) is 3. The third-order valence-corrected chi connectivity index (χ3v) is 5.33. The van der Waals surface area contributed by atoms with E-state index < -0.39 is 17.8 Å². The maximum absolute atomic E-state index is 13.1. The molecular weight excluding hydrogens is 425 g/mol. The van der Waals surface area contributed by atoms with E-state index in [2.05, 4.69) is 5.32 Å². The Morgan fingerprint density at radius 1 is 1.19 bits per heavy atom. The Labute approximate surface area is 184 Å². The normalized spacial score (nSPS) is 13.7. The molecule has 0 atom stereocenters. The fourth-order valence-electron chi connectivity index (χ4n) is 3.30. The number of ether oxygens (including phenoxy) is 1. The quantitative estimate of drug-likeness (QED) is 0.631. The van der Waals surface area contributed by atoms with E-state index in [1.165, 1.54) is 24.1 Å². The SMILES string of the molecule is COCCN(CC(=O)N(Cc1cccn1C)C1CC1)C(=O)Nc1ccc(C(F)(F)F)cc1. The monoisotopic (exact) mass is 452 g/mol. The lowest BCUT2D eigenvalue weighted by Gasteiger charge is -2.28. The molecule has 1 aliphatic carbocycles. The van der Waals surface area contributed by atoms with Crippen LogP contribution in [0.2, 0.25) is 0 Å². The minimum absolute atomic E-state index is 0.152. The molecule has 1 aliphatic rings. The molecule has 0 aliphatic heterocycles. The highest BCUT2D eigenvalue weighted by Crippen LogP contribution is 2.30. The number of aromatic nitrogens is 1. The lowest BCUT2D eigenvalue weighted by molar-refractivity contribution is -0.137. The highest BCUT2D eigenvalue weighted by Gasteiger charge is 2.34. The summed E-state index contributed by atoms with van der Waals surface area (Å²) in [6.45, 7) is 0.675. The molecule has 1 N–H and O–H groups in total. The molecule has 1 saturated carbocycles. The van der Waals surface area contributed by atoms with Gasteiger partial charge < -0.3 is 24.4 Å². The lowest BCUT2D eigenvalue weighted by atomic mass is 10.2. The van der Waals surface area contributed by atoms with Crippen molar-refractivity contribution in [3.05, 3.63) is 53.9 Å². The summed E-state index contributed by atoms with van der Waals surface area (Å²) in [5.74, 6) is -0.188. The topological polar surface area (TPSA) is 66.8 Å². The molecule has 32 heavy (non-hydrogen) atoms. The number of amides is 3. The van der Waals surface area contributed by atoms with Crippen LogP contribution in [0, 0.1) is 0 Å². The van der Waals surface area contributed by atoms with Crippen LogP contribution in [0.25, 0.3) is 0 Å². The predicted molar refractivity (Wildman–Crippen MR) is 113 cm³/mol. The van der Waals surface area contributed by atoms with Crippen LogP contribution in [0.15, 0.2) is 42.6 Å². The van der Waals surface area contributed by atoms with Crippen molar-refractivity contribution in [1.29, 1.82) is 0 Å². The predicted octanol–water partition coefficient (Wildman–Crippen LogP) is 3.72. The standard InChI is InChI=1S/C22H27F3N4O3/c1-27-11-3-4-19(27)14-29(18-9-10-18)20(30)15-28(12-13-32-2)21(31)26-17-7-5-16(6-8-17)22(23,24)25/h3-8,11,18H,9-10,12-15H2,1-2H3,(H,26,31). The Kier molecular flexibility index (Phi) is 7.44. The fourth-order valence-corrected chi connectivity index (χ4v) is 3.30. The number of aryl methyl sites for hydroxylation is 1. The lowest BCUT2D eigenvalue weighted by Crippen LogP contribution is -2.46. The van der Waals surface area contributed by atoms with Crippen molar-refractivity contribution in [3.8, 4) is 0 Å². The minimum Gasteiger partial charge on any atom is -0.383 e. The summed E-state index contributed by atoms with van der Waals surface area (Å²) < 4.78 is 45.2. The van der Waals surface area contributed by atoms with E-state index in [1.807, 2.05) is 29.9 Å². The Morgan fingerprint density at radius 3 is 2.41 bits per heavy atom. The number of nitrogens with zero attached hydrogens (tertiary/aromatic N) is 3. The number of halogens is 3. The summed E-state index contributed by atoms with van der Waals surface area (Å²) in [6.07, 6.45) is -0.699. The first-order valence-electron chi connectivity index (χ1n) is 10.3. The van der Waals surface area contributed by atoms with Crippen molar-refractivity contribution >= 4 is 17.6 Å². The van der Waals surface area contributed by atoms with Crippen molar-refractivity contribution in [2.24, 2.45) is 7.05 Å². The van der Waals surface area contributed by atoms with Crippen LogP contribution < -0.4 is 5.32 Å².